The zero-order chi connectivity index (χ0) is 19.1. The van der Waals surface area contributed by atoms with Crippen LogP contribution in [0.5, 0.6) is 5.75 Å². The van der Waals surface area contributed by atoms with Crippen LogP contribution in [0.3, 0.4) is 0 Å². The van der Waals surface area contributed by atoms with Crippen LogP contribution in [-0.4, -0.2) is 17.4 Å². The minimum atomic E-state index is -0.550. The summed E-state index contributed by atoms with van der Waals surface area (Å²) in [5.41, 5.74) is 2.27. The van der Waals surface area contributed by atoms with Crippen molar-refractivity contribution in [3.05, 3.63) is 89.0 Å². The molecular weight excluding hydrogens is 346 g/mol. The Morgan fingerprint density at radius 2 is 1.44 bits per heavy atom. The lowest BCUT2D eigenvalue weighted by molar-refractivity contribution is -0.385. The van der Waals surface area contributed by atoms with Gasteiger partial charge in [0.25, 0.3) is 5.91 Å². The van der Waals surface area contributed by atoms with E-state index >= 15 is 0 Å². The zero-order valence-electron chi connectivity index (χ0n) is 14.3. The van der Waals surface area contributed by atoms with Gasteiger partial charge in [-0.05, 0) is 42.5 Å². The van der Waals surface area contributed by atoms with Gasteiger partial charge in [-0.1, -0.05) is 30.3 Å². The molecule has 0 aliphatic carbocycles. The summed E-state index contributed by atoms with van der Waals surface area (Å²) < 4.78 is 5.27. The van der Waals surface area contributed by atoms with Crippen LogP contribution >= 0.6 is 0 Å². The number of nitrogens with one attached hydrogen (secondary N) is 2. The first-order valence-electron chi connectivity index (χ1n) is 8.20. The molecule has 136 valence electrons. The summed E-state index contributed by atoms with van der Waals surface area (Å²) in [5.74, 6) is -0.350. The topological polar surface area (TPSA) is 93.5 Å². The first-order valence-corrected chi connectivity index (χ1v) is 8.20. The Kier molecular flexibility index (Phi) is 5.64. The van der Waals surface area contributed by atoms with Gasteiger partial charge in [-0.2, -0.15) is 0 Å². The number of nitro groups is 1. The zero-order valence-corrected chi connectivity index (χ0v) is 14.3. The third kappa shape index (κ3) is 5.05. The van der Waals surface area contributed by atoms with Crippen LogP contribution in [-0.2, 0) is 4.79 Å². The lowest BCUT2D eigenvalue weighted by Gasteiger charge is -2.09. The van der Waals surface area contributed by atoms with Crippen LogP contribution in [0, 0.1) is 10.1 Å². The highest BCUT2D eigenvalue weighted by Gasteiger charge is 2.14. The number of amides is 1. The number of rotatable bonds is 7. The number of ether oxygens (including phenoxy) is 1. The first-order chi connectivity index (χ1) is 13.1. The second kappa shape index (κ2) is 8.48. The normalized spacial score (nSPS) is 10.1. The average Bonchev–Trinajstić information content (AvgIpc) is 2.69. The quantitative estimate of drug-likeness (QED) is 0.481. The van der Waals surface area contributed by atoms with E-state index in [2.05, 4.69) is 10.6 Å². The molecule has 0 radical (unpaired) electrons. The van der Waals surface area contributed by atoms with Gasteiger partial charge in [0.05, 0.1) is 4.92 Å². The first kappa shape index (κ1) is 17.9. The Balaban J connectivity index is 1.54. The summed E-state index contributed by atoms with van der Waals surface area (Å²) in [4.78, 5) is 22.4. The van der Waals surface area contributed by atoms with E-state index in [1.54, 1.807) is 18.2 Å². The molecule has 0 unspecified atom stereocenters. The largest absolute Gasteiger partial charge is 0.477 e. The molecule has 7 heteroatoms. The van der Waals surface area contributed by atoms with E-state index in [0.29, 0.717) is 5.69 Å². The van der Waals surface area contributed by atoms with Crippen LogP contribution in [0.2, 0.25) is 0 Å². The van der Waals surface area contributed by atoms with Gasteiger partial charge >= 0.3 is 5.69 Å². The predicted molar refractivity (Wildman–Crippen MR) is 103 cm³/mol. The molecule has 7 nitrogen and oxygen atoms in total. The van der Waals surface area contributed by atoms with Gasteiger partial charge in [0, 0.05) is 23.1 Å². The van der Waals surface area contributed by atoms with E-state index in [1.807, 2.05) is 42.5 Å². The van der Waals surface area contributed by atoms with E-state index in [1.165, 1.54) is 18.2 Å². The van der Waals surface area contributed by atoms with Gasteiger partial charge < -0.3 is 15.4 Å². The van der Waals surface area contributed by atoms with Crippen molar-refractivity contribution in [1.29, 1.82) is 0 Å². The van der Waals surface area contributed by atoms with Crippen LogP contribution in [0.15, 0.2) is 78.9 Å². The smallest absolute Gasteiger partial charge is 0.310 e. The van der Waals surface area contributed by atoms with Gasteiger partial charge in [0.15, 0.2) is 12.4 Å². The number of para-hydroxylation sites is 3. The molecule has 0 saturated heterocycles. The third-order valence-electron chi connectivity index (χ3n) is 3.65. The average molecular weight is 363 g/mol. The number of nitrogens with zero attached hydrogens (tertiary/aromatic N) is 1. The molecule has 2 N–H and O–H groups in total. The summed E-state index contributed by atoms with van der Waals surface area (Å²) in [6.07, 6.45) is 0. The number of benzene rings is 3. The molecule has 1 amide bonds. The second-order valence-corrected chi connectivity index (χ2v) is 5.63. The van der Waals surface area contributed by atoms with Gasteiger partial charge in [-0.25, -0.2) is 0 Å². The maximum absolute atomic E-state index is 12.0. The van der Waals surface area contributed by atoms with Crippen molar-refractivity contribution in [2.45, 2.75) is 0 Å². The minimum Gasteiger partial charge on any atom is -0.477 e. The Morgan fingerprint density at radius 3 is 2.15 bits per heavy atom. The van der Waals surface area contributed by atoms with Crippen LogP contribution < -0.4 is 15.4 Å². The highest BCUT2D eigenvalue weighted by Crippen LogP contribution is 2.25. The molecule has 3 aromatic rings. The molecule has 0 aromatic heterocycles. The Bertz CT molecular complexity index is 927. The number of anilines is 3. The summed E-state index contributed by atoms with van der Waals surface area (Å²) in [5, 5.41) is 16.9. The van der Waals surface area contributed by atoms with Crippen LogP contribution in [0.4, 0.5) is 22.7 Å². The molecule has 3 rings (SSSR count). The summed E-state index contributed by atoms with van der Waals surface area (Å²) in [6.45, 7) is -0.325. The van der Waals surface area contributed by atoms with E-state index in [4.69, 9.17) is 4.74 Å². The summed E-state index contributed by atoms with van der Waals surface area (Å²) in [7, 11) is 0. The molecule has 27 heavy (non-hydrogen) atoms. The fraction of sp³-hybridized carbons (Fsp3) is 0.0500. The van der Waals surface area contributed by atoms with Crippen molar-refractivity contribution in [3.8, 4) is 5.75 Å². The van der Waals surface area contributed by atoms with Gasteiger partial charge in [0.1, 0.15) is 0 Å². The molecule has 0 fully saturated rings. The van der Waals surface area contributed by atoms with Crippen LogP contribution in [0.25, 0.3) is 0 Å². The fourth-order valence-electron chi connectivity index (χ4n) is 2.40. The summed E-state index contributed by atoms with van der Waals surface area (Å²) >= 11 is 0. The molecule has 0 atom stereocenters. The molecule has 0 spiro atoms. The lowest BCUT2D eigenvalue weighted by Crippen LogP contribution is -2.20. The number of carbonyl (C=O) groups is 1. The fourth-order valence-corrected chi connectivity index (χ4v) is 2.40. The van der Waals surface area contributed by atoms with Crippen molar-refractivity contribution >= 4 is 28.7 Å². The maximum Gasteiger partial charge on any atom is 0.310 e. The van der Waals surface area contributed by atoms with E-state index < -0.39 is 10.8 Å². The van der Waals surface area contributed by atoms with E-state index in [-0.39, 0.29) is 18.0 Å². The molecule has 0 bridgehead atoms. The van der Waals surface area contributed by atoms with Gasteiger partial charge in [0.2, 0.25) is 0 Å². The monoisotopic (exact) mass is 363 g/mol. The van der Waals surface area contributed by atoms with Gasteiger partial charge in [-0.3, -0.25) is 14.9 Å². The Hall–Kier alpha value is -3.87. The van der Waals surface area contributed by atoms with Crippen molar-refractivity contribution in [1.82, 2.24) is 0 Å². The molecule has 0 aliphatic heterocycles. The van der Waals surface area contributed by atoms with Gasteiger partial charge in [-0.15, -0.1) is 0 Å². The summed E-state index contributed by atoms with van der Waals surface area (Å²) in [6, 6.07) is 22.8. The van der Waals surface area contributed by atoms with Crippen LogP contribution in [0.1, 0.15) is 0 Å². The molecular formula is C20H17N3O4. The second-order valence-electron chi connectivity index (χ2n) is 5.63. The van der Waals surface area contributed by atoms with Crippen molar-refractivity contribution in [2.75, 3.05) is 17.2 Å². The third-order valence-corrected chi connectivity index (χ3v) is 3.65. The van der Waals surface area contributed by atoms with E-state index in [9.17, 15) is 14.9 Å². The number of hydrogen-bond acceptors (Lipinski definition) is 5. The standard InChI is InChI=1S/C20H17N3O4/c24-20(14-27-19-9-5-4-8-18(19)23(25)26)22-17-12-10-16(11-13-17)21-15-6-2-1-3-7-15/h1-13,21H,14H2,(H,22,24). The number of nitro benzene ring substituents is 1. The predicted octanol–water partition coefficient (Wildman–Crippen LogP) is 4.36. The lowest BCUT2D eigenvalue weighted by atomic mass is 10.2. The Morgan fingerprint density at radius 1 is 0.852 bits per heavy atom. The molecule has 0 saturated carbocycles. The van der Waals surface area contributed by atoms with E-state index in [0.717, 1.165) is 11.4 Å². The molecule has 0 heterocycles. The number of hydrogen-bond donors (Lipinski definition) is 2. The highest BCUT2D eigenvalue weighted by molar-refractivity contribution is 5.92. The highest BCUT2D eigenvalue weighted by atomic mass is 16.6. The molecule has 0 aliphatic rings. The Labute approximate surface area is 155 Å². The van der Waals surface area contributed by atoms with Crippen molar-refractivity contribution < 1.29 is 14.5 Å². The minimum absolute atomic E-state index is 0.0556. The number of carbonyl (C=O) groups excluding carboxylic acids is 1. The van der Waals surface area contributed by atoms with Crippen molar-refractivity contribution in [3.63, 3.8) is 0 Å². The van der Waals surface area contributed by atoms with Crippen molar-refractivity contribution in [2.24, 2.45) is 0 Å². The molecule has 3 aromatic carbocycles. The maximum atomic E-state index is 12.0. The SMILES string of the molecule is O=C(COc1ccccc1[N+](=O)[O-])Nc1ccc(Nc2ccccc2)cc1.